The Morgan fingerprint density at radius 2 is 2.23 bits per heavy atom. The number of furan rings is 1. The van der Waals surface area contributed by atoms with Crippen LogP contribution in [0.2, 0.25) is 5.15 Å². The molecular formula is C20H20Cl2N6O2S. The zero-order valence-electron chi connectivity index (χ0n) is 16.5. The number of rotatable bonds is 7. The number of hydrogen-bond acceptors (Lipinski definition) is 8. The van der Waals surface area contributed by atoms with Gasteiger partial charge in [0.15, 0.2) is 5.82 Å². The molecule has 4 N–H and O–H groups in total. The standard InChI is InChI=1S/C20H19ClN6O2S.ClH/c1-11-15(7-13(22)20(28)27-17-10-23-4-5-24-17)30-19-14(8-16(21)26-18(11)19)25-9-12-3-2-6-29-12;/h2-6,8,10,13H,7,9,22H2,1H3,(H,25,26)(H,24,27,28);1H. The summed E-state index contributed by atoms with van der Waals surface area (Å²) in [6.45, 7) is 2.48. The highest BCUT2D eigenvalue weighted by atomic mass is 35.5. The van der Waals surface area contributed by atoms with Crippen molar-refractivity contribution < 1.29 is 9.21 Å². The molecule has 0 saturated carbocycles. The number of carbonyl (C=O) groups excluding carboxylic acids is 1. The number of aryl methyl sites for hydroxylation is 1. The van der Waals surface area contributed by atoms with Crippen LogP contribution >= 0.6 is 35.3 Å². The molecule has 0 radical (unpaired) electrons. The minimum atomic E-state index is -0.742. The summed E-state index contributed by atoms with van der Waals surface area (Å²) in [4.78, 5) is 25.9. The van der Waals surface area contributed by atoms with Crippen LogP contribution in [0.15, 0.2) is 47.5 Å². The first kappa shape index (κ1) is 23.0. The Kier molecular flexibility index (Phi) is 7.45. The van der Waals surface area contributed by atoms with Crippen molar-refractivity contribution in [3.63, 3.8) is 0 Å². The molecule has 1 atom stereocenters. The number of thiophene rings is 1. The molecule has 4 aromatic heterocycles. The molecule has 0 aliphatic rings. The van der Waals surface area contributed by atoms with Gasteiger partial charge in [0.2, 0.25) is 5.91 Å². The fourth-order valence-electron chi connectivity index (χ4n) is 2.99. The smallest absolute Gasteiger partial charge is 0.242 e. The lowest BCUT2D eigenvalue weighted by Crippen LogP contribution is -2.37. The van der Waals surface area contributed by atoms with Crippen molar-refractivity contribution in [2.75, 3.05) is 10.6 Å². The van der Waals surface area contributed by atoms with Crippen LogP contribution in [0.4, 0.5) is 11.5 Å². The van der Waals surface area contributed by atoms with Crippen LogP contribution in [-0.4, -0.2) is 26.9 Å². The van der Waals surface area contributed by atoms with Gasteiger partial charge in [-0.1, -0.05) is 11.6 Å². The molecule has 0 aliphatic heterocycles. The number of hydrogen-bond donors (Lipinski definition) is 3. The third-order valence-corrected chi connectivity index (χ3v) is 6.06. The molecule has 4 rings (SSSR count). The van der Waals surface area contributed by atoms with Crippen molar-refractivity contribution in [3.05, 3.63) is 64.4 Å². The van der Waals surface area contributed by atoms with Crippen molar-refractivity contribution in [2.24, 2.45) is 5.73 Å². The summed E-state index contributed by atoms with van der Waals surface area (Å²) in [5, 5.41) is 6.42. The summed E-state index contributed by atoms with van der Waals surface area (Å²) < 4.78 is 6.33. The Balaban J connectivity index is 0.00000272. The molecule has 0 aliphatic carbocycles. The quantitative estimate of drug-likeness (QED) is 0.340. The van der Waals surface area contributed by atoms with Crippen LogP contribution in [0, 0.1) is 6.92 Å². The average Bonchev–Trinajstić information content (AvgIpc) is 3.36. The van der Waals surface area contributed by atoms with Gasteiger partial charge in [-0.25, -0.2) is 9.97 Å². The third kappa shape index (κ3) is 5.31. The zero-order valence-corrected chi connectivity index (χ0v) is 18.9. The lowest BCUT2D eigenvalue weighted by Gasteiger charge is -2.11. The summed E-state index contributed by atoms with van der Waals surface area (Å²) in [6.07, 6.45) is 6.51. The molecule has 31 heavy (non-hydrogen) atoms. The van der Waals surface area contributed by atoms with Gasteiger partial charge in [0.25, 0.3) is 0 Å². The van der Waals surface area contributed by atoms with Gasteiger partial charge in [0.1, 0.15) is 10.9 Å². The number of halogens is 2. The number of amides is 1. The lowest BCUT2D eigenvalue weighted by molar-refractivity contribution is -0.117. The highest BCUT2D eigenvalue weighted by Gasteiger charge is 2.20. The fraction of sp³-hybridized carbons (Fsp3) is 0.200. The van der Waals surface area contributed by atoms with Gasteiger partial charge in [-0.05, 0) is 24.6 Å². The van der Waals surface area contributed by atoms with E-state index in [1.807, 2.05) is 19.1 Å². The predicted octanol–water partition coefficient (Wildman–Crippen LogP) is 4.18. The molecule has 4 aromatic rings. The number of nitrogens with two attached hydrogens (primary N) is 1. The van der Waals surface area contributed by atoms with Crippen molar-refractivity contribution in [1.82, 2.24) is 15.0 Å². The molecule has 162 valence electrons. The monoisotopic (exact) mass is 478 g/mol. The van der Waals surface area contributed by atoms with Crippen molar-refractivity contribution in [2.45, 2.75) is 25.9 Å². The number of fused-ring (bicyclic) bond motifs is 1. The second-order valence-electron chi connectivity index (χ2n) is 6.64. The lowest BCUT2D eigenvalue weighted by atomic mass is 10.1. The first-order valence-corrected chi connectivity index (χ1v) is 10.4. The van der Waals surface area contributed by atoms with Gasteiger partial charge in [-0.15, -0.1) is 23.7 Å². The van der Waals surface area contributed by atoms with Gasteiger partial charge >= 0.3 is 0 Å². The SMILES string of the molecule is Cc1c(CC(N)C(=O)Nc2cnccn2)sc2c(NCc3ccco3)cc(Cl)nc12.Cl. The topological polar surface area (TPSA) is 119 Å². The van der Waals surface area contributed by atoms with E-state index in [0.29, 0.717) is 23.9 Å². The van der Waals surface area contributed by atoms with Crippen molar-refractivity contribution in [1.29, 1.82) is 0 Å². The Labute approximate surface area is 193 Å². The van der Waals surface area contributed by atoms with E-state index in [9.17, 15) is 4.79 Å². The molecule has 4 heterocycles. The molecular weight excluding hydrogens is 459 g/mol. The highest BCUT2D eigenvalue weighted by molar-refractivity contribution is 7.19. The van der Waals surface area contributed by atoms with Crippen molar-refractivity contribution >= 4 is 63.0 Å². The van der Waals surface area contributed by atoms with Crippen LogP contribution < -0.4 is 16.4 Å². The number of nitrogens with one attached hydrogen (secondary N) is 2. The Hall–Kier alpha value is -2.72. The normalized spacial score (nSPS) is 11.7. The molecule has 0 bridgehead atoms. The summed E-state index contributed by atoms with van der Waals surface area (Å²) in [7, 11) is 0. The Morgan fingerprint density at radius 1 is 1.39 bits per heavy atom. The Morgan fingerprint density at radius 3 is 2.94 bits per heavy atom. The maximum atomic E-state index is 12.4. The van der Waals surface area contributed by atoms with E-state index < -0.39 is 6.04 Å². The third-order valence-electron chi connectivity index (χ3n) is 4.53. The van der Waals surface area contributed by atoms with Gasteiger partial charge in [0.05, 0.1) is 41.0 Å². The van der Waals surface area contributed by atoms with E-state index in [2.05, 4.69) is 25.6 Å². The molecule has 0 spiro atoms. The van der Waals surface area contributed by atoms with Gasteiger partial charge in [-0.3, -0.25) is 9.78 Å². The van der Waals surface area contributed by atoms with E-state index in [-0.39, 0.29) is 18.3 Å². The van der Waals surface area contributed by atoms with Gasteiger partial charge in [0, 0.05) is 29.8 Å². The van der Waals surface area contributed by atoms with Crippen LogP contribution in [0.3, 0.4) is 0 Å². The minimum absolute atomic E-state index is 0. The van der Waals surface area contributed by atoms with E-state index in [1.54, 1.807) is 23.7 Å². The zero-order chi connectivity index (χ0) is 21.1. The van der Waals surface area contributed by atoms with Crippen LogP contribution in [0.25, 0.3) is 10.2 Å². The van der Waals surface area contributed by atoms with Crippen LogP contribution in [-0.2, 0) is 17.8 Å². The van der Waals surface area contributed by atoms with Crippen LogP contribution in [0.5, 0.6) is 0 Å². The number of nitrogens with zero attached hydrogens (tertiary/aromatic N) is 3. The number of anilines is 2. The second kappa shape index (κ2) is 10.1. The van der Waals surface area contributed by atoms with E-state index in [1.165, 1.54) is 18.6 Å². The minimum Gasteiger partial charge on any atom is -0.467 e. The molecule has 11 heteroatoms. The van der Waals surface area contributed by atoms with Crippen molar-refractivity contribution in [3.8, 4) is 0 Å². The second-order valence-corrected chi connectivity index (χ2v) is 8.14. The van der Waals surface area contributed by atoms with Gasteiger partial charge < -0.3 is 20.8 Å². The van der Waals surface area contributed by atoms with E-state index in [4.69, 9.17) is 21.8 Å². The molecule has 0 saturated heterocycles. The van der Waals surface area contributed by atoms with Crippen LogP contribution in [0.1, 0.15) is 16.2 Å². The average molecular weight is 479 g/mol. The predicted molar refractivity (Wildman–Crippen MR) is 125 cm³/mol. The number of pyridine rings is 1. The molecule has 0 aromatic carbocycles. The fourth-order valence-corrected chi connectivity index (χ4v) is 4.48. The molecule has 1 unspecified atom stereocenters. The highest BCUT2D eigenvalue weighted by Crippen LogP contribution is 2.37. The largest absolute Gasteiger partial charge is 0.467 e. The first-order valence-electron chi connectivity index (χ1n) is 9.18. The number of aromatic nitrogens is 3. The molecule has 0 fully saturated rings. The van der Waals surface area contributed by atoms with E-state index >= 15 is 0 Å². The summed E-state index contributed by atoms with van der Waals surface area (Å²) in [5.74, 6) is 0.852. The molecule has 8 nitrogen and oxygen atoms in total. The Bertz CT molecular complexity index is 1170. The maximum Gasteiger partial charge on any atom is 0.242 e. The van der Waals surface area contributed by atoms with Gasteiger partial charge in [-0.2, -0.15) is 0 Å². The summed E-state index contributed by atoms with van der Waals surface area (Å²) in [5.41, 5.74) is 8.77. The van der Waals surface area contributed by atoms with E-state index in [0.717, 1.165) is 32.1 Å². The number of carbonyl (C=O) groups is 1. The molecule has 1 amide bonds. The maximum absolute atomic E-state index is 12.4. The first-order chi connectivity index (χ1) is 14.5. The summed E-state index contributed by atoms with van der Waals surface area (Å²) >= 11 is 7.79. The summed E-state index contributed by atoms with van der Waals surface area (Å²) in [6, 6.07) is 4.78.